The van der Waals surface area contributed by atoms with E-state index in [1.807, 2.05) is 0 Å². The fraction of sp³-hybridized carbons (Fsp3) is 0.938. The van der Waals surface area contributed by atoms with E-state index in [4.69, 9.17) is 0 Å². The quantitative estimate of drug-likeness (QED) is 0.847. The lowest BCUT2D eigenvalue weighted by Gasteiger charge is -2.43. The molecule has 1 heterocycles. The van der Waals surface area contributed by atoms with Gasteiger partial charge in [-0.3, -0.25) is 10.2 Å². The molecule has 1 saturated heterocycles. The molecule has 0 radical (unpaired) electrons. The van der Waals surface area contributed by atoms with E-state index in [1.54, 1.807) is 0 Å². The molecule has 0 aromatic carbocycles. The number of hydrogen-bond donors (Lipinski definition) is 1. The third kappa shape index (κ3) is 3.30. The van der Waals surface area contributed by atoms with Crippen molar-refractivity contribution < 1.29 is 0 Å². The minimum atomic E-state index is -0.280. The Morgan fingerprint density at radius 2 is 2.16 bits per heavy atom. The van der Waals surface area contributed by atoms with Gasteiger partial charge in [0.2, 0.25) is 0 Å². The summed E-state index contributed by atoms with van der Waals surface area (Å²) < 4.78 is 0. The molecule has 3 unspecified atom stereocenters. The normalized spacial score (nSPS) is 36.6. The highest BCUT2D eigenvalue weighted by Gasteiger charge is 2.41. The largest absolute Gasteiger partial charge is 0.297 e. The van der Waals surface area contributed by atoms with Gasteiger partial charge >= 0.3 is 0 Å². The first-order valence-corrected chi connectivity index (χ1v) is 8.05. The molecule has 1 N–H and O–H groups in total. The topological polar surface area (TPSA) is 39.1 Å². The first-order valence-electron chi connectivity index (χ1n) is 8.05. The molecule has 2 fully saturated rings. The summed E-state index contributed by atoms with van der Waals surface area (Å²) in [6.07, 6.45) is 8.44. The van der Waals surface area contributed by atoms with Crippen molar-refractivity contribution >= 4 is 0 Å². The van der Waals surface area contributed by atoms with E-state index in [0.29, 0.717) is 12.1 Å². The highest BCUT2D eigenvalue weighted by Crippen LogP contribution is 2.35. The first-order chi connectivity index (χ1) is 9.10. The lowest BCUT2D eigenvalue weighted by Crippen LogP contribution is -2.55. The number of nitrogens with zero attached hydrogens (tertiary/aromatic N) is 2. The fourth-order valence-corrected chi connectivity index (χ4v) is 4.12. The molecule has 0 aromatic rings. The Labute approximate surface area is 118 Å². The van der Waals surface area contributed by atoms with E-state index in [-0.39, 0.29) is 5.54 Å². The highest BCUT2D eigenvalue weighted by molar-refractivity contribution is 5.12. The molecule has 3 heteroatoms. The van der Waals surface area contributed by atoms with Crippen LogP contribution in [-0.2, 0) is 0 Å². The third-order valence-corrected chi connectivity index (χ3v) is 4.87. The van der Waals surface area contributed by atoms with Crippen LogP contribution in [-0.4, -0.2) is 35.1 Å². The van der Waals surface area contributed by atoms with Gasteiger partial charge in [0.25, 0.3) is 0 Å². The van der Waals surface area contributed by atoms with Crippen molar-refractivity contribution in [2.75, 3.05) is 6.54 Å². The zero-order valence-corrected chi connectivity index (χ0v) is 12.8. The van der Waals surface area contributed by atoms with Crippen LogP contribution in [0.15, 0.2) is 0 Å². The summed E-state index contributed by atoms with van der Waals surface area (Å²) in [4.78, 5) is 2.70. The summed E-state index contributed by atoms with van der Waals surface area (Å²) in [5.74, 6) is 0. The smallest absolute Gasteiger partial charge is 0.108 e. The first kappa shape index (κ1) is 14.8. The van der Waals surface area contributed by atoms with Crippen molar-refractivity contribution in [3.05, 3.63) is 0 Å². The van der Waals surface area contributed by atoms with E-state index in [2.05, 4.69) is 37.1 Å². The van der Waals surface area contributed by atoms with Crippen molar-refractivity contribution in [2.45, 2.75) is 89.4 Å². The zero-order chi connectivity index (χ0) is 13.9. The maximum atomic E-state index is 9.64. The average molecular weight is 263 g/mol. The molecule has 108 valence electrons. The van der Waals surface area contributed by atoms with E-state index < -0.39 is 0 Å². The summed E-state index contributed by atoms with van der Waals surface area (Å²) >= 11 is 0. The second-order valence-electron chi connectivity index (χ2n) is 6.69. The van der Waals surface area contributed by atoms with Crippen LogP contribution < -0.4 is 5.32 Å². The predicted molar refractivity (Wildman–Crippen MR) is 78.9 cm³/mol. The van der Waals surface area contributed by atoms with Crippen molar-refractivity contribution in [1.82, 2.24) is 10.2 Å². The van der Waals surface area contributed by atoms with Crippen molar-refractivity contribution in [1.29, 1.82) is 5.26 Å². The van der Waals surface area contributed by atoms with Gasteiger partial charge in [0, 0.05) is 18.1 Å². The second-order valence-corrected chi connectivity index (χ2v) is 6.69. The molecule has 1 saturated carbocycles. The number of nitrogens with one attached hydrogen (secondary N) is 1. The summed E-state index contributed by atoms with van der Waals surface area (Å²) in [5.41, 5.74) is -0.280. The lowest BCUT2D eigenvalue weighted by molar-refractivity contribution is 0.104. The molecular formula is C16H29N3. The standard InChI is InChI=1S/C16H29N3/c1-4-14-8-6-10-19(14)15-7-5-9-16(11-15,12-17)18-13(2)3/h13-15,18H,4-11H2,1-3H3. The van der Waals surface area contributed by atoms with Crippen LogP contribution in [0.4, 0.5) is 0 Å². The molecule has 2 rings (SSSR count). The minimum Gasteiger partial charge on any atom is -0.297 e. The van der Waals surface area contributed by atoms with Gasteiger partial charge < -0.3 is 0 Å². The van der Waals surface area contributed by atoms with Crippen LogP contribution >= 0.6 is 0 Å². The molecule has 3 nitrogen and oxygen atoms in total. The van der Waals surface area contributed by atoms with Crippen LogP contribution in [0.5, 0.6) is 0 Å². The number of rotatable bonds is 4. The Hall–Kier alpha value is -0.590. The molecule has 2 aliphatic rings. The van der Waals surface area contributed by atoms with E-state index >= 15 is 0 Å². The van der Waals surface area contributed by atoms with Crippen molar-refractivity contribution in [3.8, 4) is 6.07 Å². The third-order valence-electron chi connectivity index (χ3n) is 4.87. The molecule has 19 heavy (non-hydrogen) atoms. The molecule has 1 aliphatic carbocycles. The van der Waals surface area contributed by atoms with Gasteiger partial charge in [-0.25, -0.2) is 0 Å². The molecule has 1 aliphatic heterocycles. The molecule has 0 bridgehead atoms. The van der Waals surface area contributed by atoms with E-state index in [9.17, 15) is 5.26 Å². The lowest BCUT2D eigenvalue weighted by atomic mass is 9.78. The predicted octanol–water partition coefficient (Wildman–Crippen LogP) is 3.06. The van der Waals surface area contributed by atoms with Gasteiger partial charge in [-0.1, -0.05) is 6.92 Å². The van der Waals surface area contributed by atoms with Crippen LogP contribution in [0, 0.1) is 11.3 Å². The average Bonchev–Trinajstić information content (AvgIpc) is 2.86. The second kappa shape index (κ2) is 6.24. The zero-order valence-electron chi connectivity index (χ0n) is 12.8. The molecule has 3 atom stereocenters. The summed E-state index contributed by atoms with van der Waals surface area (Å²) in [6, 6.07) is 4.37. The monoisotopic (exact) mass is 263 g/mol. The Balaban J connectivity index is 2.05. The van der Waals surface area contributed by atoms with Crippen molar-refractivity contribution in [2.24, 2.45) is 0 Å². The number of hydrogen-bond acceptors (Lipinski definition) is 3. The van der Waals surface area contributed by atoms with Gasteiger partial charge in [-0.15, -0.1) is 0 Å². The minimum absolute atomic E-state index is 0.280. The Morgan fingerprint density at radius 3 is 2.79 bits per heavy atom. The van der Waals surface area contributed by atoms with Crippen LogP contribution in [0.2, 0.25) is 0 Å². The van der Waals surface area contributed by atoms with Crippen LogP contribution in [0.3, 0.4) is 0 Å². The Kier molecular flexibility index (Phi) is 4.86. The molecule has 0 amide bonds. The Morgan fingerprint density at radius 1 is 1.37 bits per heavy atom. The Bertz CT molecular complexity index is 333. The maximum Gasteiger partial charge on any atom is 0.108 e. The van der Waals surface area contributed by atoms with E-state index in [0.717, 1.165) is 18.9 Å². The maximum absolute atomic E-state index is 9.64. The molecule has 0 spiro atoms. The van der Waals surface area contributed by atoms with Crippen LogP contribution in [0.1, 0.15) is 65.7 Å². The summed E-state index contributed by atoms with van der Waals surface area (Å²) in [6.45, 7) is 7.84. The van der Waals surface area contributed by atoms with Gasteiger partial charge in [0.05, 0.1) is 6.07 Å². The summed E-state index contributed by atoms with van der Waals surface area (Å²) in [5, 5.41) is 13.2. The van der Waals surface area contributed by atoms with Gasteiger partial charge in [-0.05, 0) is 65.3 Å². The number of nitriles is 1. The highest BCUT2D eigenvalue weighted by atomic mass is 15.2. The summed E-state index contributed by atoms with van der Waals surface area (Å²) in [7, 11) is 0. The van der Waals surface area contributed by atoms with E-state index in [1.165, 1.54) is 38.6 Å². The SMILES string of the molecule is CCC1CCCN1C1CCCC(C#N)(NC(C)C)C1. The van der Waals surface area contributed by atoms with Gasteiger partial charge in [-0.2, -0.15) is 5.26 Å². The molecule has 0 aromatic heterocycles. The number of likely N-dealkylation sites (tertiary alicyclic amines) is 1. The van der Waals surface area contributed by atoms with Crippen molar-refractivity contribution in [3.63, 3.8) is 0 Å². The molecular weight excluding hydrogens is 234 g/mol. The van der Waals surface area contributed by atoms with Crippen LogP contribution in [0.25, 0.3) is 0 Å². The van der Waals surface area contributed by atoms with Gasteiger partial charge in [0.15, 0.2) is 0 Å². The fourth-order valence-electron chi connectivity index (χ4n) is 4.12. The van der Waals surface area contributed by atoms with Gasteiger partial charge in [0.1, 0.15) is 5.54 Å².